The molecule has 0 amide bonds. The van der Waals surface area contributed by atoms with Crippen LogP contribution in [0.4, 0.5) is 14.5 Å². The van der Waals surface area contributed by atoms with E-state index in [1.807, 2.05) is 0 Å². The average molecular weight is 498 g/mol. The number of fused-ring (bicyclic) bond motifs is 1. The minimum atomic E-state index is -4.38. The Bertz CT molecular complexity index is 1210. The number of carbonyl (C=O) groups is 2. The monoisotopic (exact) mass is 497 g/mol. The molecule has 0 saturated carbocycles. The van der Waals surface area contributed by atoms with E-state index in [0.717, 1.165) is 10.4 Å². The molecule has 1 N–H and O–H groups in total. The summed E-state index contributed by atoms with van der Waals surface area (Å²) < 4.78 is 66.1. The number of hydrogen-bond acceptors (Lipinski definition) is 6. The van der Waals surface area contributed by atoms with Crippen molar-refractivity contribution in [1.82, 2.24) is 0 Å². The van der Waals surface area contributed by atoms with Crippen LogP contribution in [0.5, 0.6) is 5.75 Å². The van der Waals surface area contributed by atoms with Gasteiger partial charge in [0.25, 0.3) is 10.0 Å². The molecule has 0 aromatic heterocycles. The lowest BCUT2D eigenvalue weighted by atomic mass is 10.1. The molecular weight excluding hydrogens is 472 g/mol. The highest BCUT2D eigenvalue weighted by molar-refractivity contribution is 7.92. The van der Waals surface area contributed by atoms with Gasteiger partial charge in [0.15, 0.2) is 11.6 Å². The molecule has 1 atom stereocenters. The molecule has 1 aliphatic rings. The topological polar surface area (TPSA) is 110 Å². The van der Waals surface area contributed by atoms with Crippen LogP contribution in [-0.2, 0) is 30.8 Å². The summed E-state index contributed by atoms with van der Waals surface area (Å²) in [5.74, 6) is -3.95. The molecule has 0 fully saturated rings. The lowest BCUT2D eigenvalue weighted by Crippen LogP contribution is -2.43. The van der Waals surface area contributed by atoms with Crippen LogP contribution < -0.4 is 9.04 Å². The van der Waals surface area contributed by atoms with E-state index in [0.29, 0.717) is 17.7 Å². The fourth-order valence-electron chi connectivity index (χ4n) is 3.44. The van der Waals surface area contributed by atoms with Crippen molar-refractivity contribution in [3.05, 3.63) is 53.6 Å². The van der Waals surface area contributed by atoms with E-state index in [9.17, 15) is 26.8 Å². The molecule has 0 radical (unpaired) electrons. The first-order valence-electron chi connectivity index (χ1n) is 10.5. The van der Waals surface area contributed by atoms with Gasteiger partial charge in [-0.3, -0.25) is 13.9 Å². The molecule has 0 bridgehead atoms. The average Bonchev–Trinajstić information content (AvgIpc) is 2.72. The van der Waals surface area contributed by atoms with Gasteiger partial charge >= 0.3 is 11.9 Å². The maximum atomic E-state index is 13.8. The maximum absolute atomic E-state index is 13.8. The Morgan fingerprint density at radius 2 is 1.85 bits per heavy atom. The third-order valence-corrected chi connectivity index (χ3v) is 6.66. The highest BCUT2D eigenvalue weighted by Crippen LogP contribution is 2.39. The van der Waals surface area contributed by atoms with Crippen molar-refractivity contribution in [1.29, 1.82) is 0 Å². The number of nitrogens with zero attached hydrogens (tertiary/aromatic N) is 1. The Morgan fingerprint density at radius 1 is 1.15 bits per heavy atom. The molecule has 8 nitrogen and oxygen atoms in total. The number of benzene rings is 2. The second-order valence-electron chi connectivity index (χ2n) is 8.85. The second-order valence-corrected chi connectivity index (χ2v) is 10.7. The molecule has 2 aromatic rings. The molecule has 2 aromatic carbocycles. The van der Waals surface area contributed by atoms with Crippen LogP contribution in [-0.4, -0.2) is 43.7 Å². The number of halogens is 2. The van der Waals surface area contributed by atoms with Crippen molar-refractivity contribution in [3.8, 4) is 5.75 Å². The number of sulfonamides is 1. The summed E-state index contributed by atoms with van der Waals surface area (Å²) in [6.45, 7) is 4.91. The van der Waals surface area contributed by atoms with E-state index in [1.54, 1.807) is 26.8 Å². The summed E-state index contributed by atoms with van der Waals surface area (Å²) in [6, 6.07) is 6.74. The Kier molecular flexibility index (Phi) is 7.15. The molecule has 0 spiro atoms. The van der Waals surface area contributed by atoms with Gasteiger partial charge in [0.1, 0.15) is 17.5 Å². The van der Waals surface area contributed by atoms with Crippen molar-refractivity contribution < 1.29 is 41.4 Å². The first-order chi connectivity index (χ1) is 15.8. The molecule has 3 rings (SSSR count). The third kappa shape index (κ3) is 6.02. The SMILES string of the molecule is CC(C)(C)OC(=O)Cc1ccc2c(c1)N(S(=O)(=O)c1ccc(F)c(F)c1)C[C@H](CCC(=O)O)O2. The Balaban J connectivity index is 2.00. The summed E-state index contributed by atoms with van der Waals surface area (Å²) in [6.07, 6.45) is -1.15. The van der Waals surface area contributed by atoms with Gasteiger partial charge in [0, 0.05) is 6.42 Å². The zero-order chi connectivity index (χ0) is 25.3. The van der Waals surface area contributed by atoms with E-state index < -0.39 is 50.2 Å². The fraction of sp³-hybridized carbons (Fsp3) is 0.391. The highest BCUT2D eigenvalue weighted by Gasteiger charge is 2.35. The first kappa shape index (κ1) is 25.4. The Hall–Kier alpha value is -3.21. The lowest BCUT2D eigenvalue weighted by Gasteiger charge is -2.35. The van der Waals surface area contributed by atoms with Gasteiger partial charge in [-0.2, -0.15) is 0 Å². The molecule has 0 saturated heterocycles. The van der Waals surface area contributed by atoms with Gasteiger partial charge < -0.3 is 14.6 Å². The Morgan fingerprint density at radius 3 is 2.47 bits per heavy atom. The summed E-state index contributed by atoms with van der Waals surface area (Å²) in [4.78, 5) is 22.8. The van der Waals surface area contributed by atoms with Gasteiger partial charge in [-0.15, -0.1) is 0 Å². The minimum Gasteiger partial charge on any atom is -0.486 e. The zero-order valence-electron chi connectivity index (χ0n) is 18.9. The van der Waals surface area contributed by atoms with E-state index in [-0.39, 0.29) is 37.2 Å². The number of anilines is 1. The molecular formula is C23H25F2NO7S. The minimum absolute atomic E-state index is 0.0260. The standard InChI is InChI=1S/C23H25F2NO7S/c1-23(2,3)33-22(29)11-14-4-8-20-19(10-14)26(13-15(32-20)5-9-21(27)28)34(30,31)16-6-7-17(24)18(25)12-16/h4,6-8,10,12,15H,5,9,11,13H2,1-3H3,(H,27,28)/t15-/m0/s1. The molecule has 0 unspecified atom stereocenters. The quantitative estimate of drug-likeness (QED) is 0.581. The van der Waals surface area contributed by atoms with Gasteiger partial charge in [0.2, 0.25) is 0 Å². The molecule has 1 heterocycles. The van der Waals surface area contributed by atoms with Crippen molar-refractivity contribution in [2.45, 2.75) is 56.6 Å². The Labute approximate surface area is 196 Å². The van der Waals surface area contributed by atoms with Gasteiger partial charge in [-0.05, 0) is 63.1 Å². The number of carbonyl (C=O) groups excluding carboxylic acids is 1. The summed E-state index contributed by atoms with van der Waals surface area (Å²) in [5, 5.41) is 8.99. The van der Waals surface area contributed by atoms with E-state index in [2.05, 4.69) is 0 Å². The van der Waals surface area contributed by atoms with Crippen molar-refractivity contribution >= 4 is 27.6 Å². The van der Waals surface area contributed by atoms with Crippen molar-refractivity contribution in [3.63, 3.8) is 0 Å². The van der Waals surface area contributed by atoms with Crippen molar-refractivity contribution in [2.75, 3.05) is 10.8 Å². The number of esters is 1. The predicted octanol–water partition coefficient (Wildman–Crippen LogP) is 3.67. The number of ether oxygens (including phenoxy) is 2. The smallest absolute Gasteiger partial charge is 0.310 e. The number of carboxylic acids is 1. The van der Waals surface area contributed by atoms with E-state index >= 15 is 0 Å². The normalized spacial score (nSPS) is 15.9. The largest absolute Gasteiger partial charge is 0.486 e. The second kappa shape index (κ2) is 9.57. The number of hydrogen-bond donors (Lipinski definition) is 1. The maximum Gasteiger partial charge on any atom is 0.310 e. The van der Waals surface area contributed by atoms with Gasteiger partial charge in [0.05, 0.1) is 23.5 Å². The number of aliphatic carboxylic acids is 1. The fourth-order valence-corrected chi connectivity index (χ4v) is 4.95. The van der Waals surface area contributed by atoms with Crippen LogP contribution in [0.15, 0.2) is 41.3 Å². The molecule has 0 aliphatic carbocycles. The predicted molar refractivity (Wildman–Crippen MR) is 118 cm³/mol. The van der Waals surface area contributed by atoms with E-state index in [1.165, 1.54) is 12.1 Å². The molecule has 11 heteroatoms. The van der Waals surface area contributed by atoms with Crippen LogP contribution >= 0.6 is 0 Å². The summed E-state index contributed by atoms with van der Waals surface area (Å²) in [7, 11) is -4.38. The molecule has 34 heavy (non-hydrogen) atoms. The van der Waals surface area contributed by atoms with Crippen LogP contribution in [0.3, 0.4) is 0 Å². The number of rotatable bonds is 7. The number of carboxylic acid groups (broad SMARTS) is 1. The summed E-state index contributed by atoms with van der Waals surface area (Å²) >= 11 is 0. The third-order valence-electron chi connectivity index (χ3n) is 4.88. The zero-order valence-corrected chi connectivity index (χ0v) is 19.7. The van der Waals surface area contributed by atoms with Crippen LogP contribution in [0.1, 0.15) is 39.2 Å². The van der Waals surface area contributed by atoms with Crippen LogP contribution in [0, 0.1) is 11.6 Å². The molecule has 1 aliphatic heterocycles. The van der Waals surface area contributed by atoms with Gasteiger partial charge in [-0.25, -0.2) is 17.2 Å². The van der Waals surface area contributed by atoms with Crippen LogP contribution in [0.25, 0.3) is 0 Å². The van der Waals surface area contributed by atoms with Gasteiger partial charge in [-0.1, -0.05) is 6.07 Å². The van der Waals surface area contributed by atoms with E-state index in [4.69, 9.17) is 14.6 Å². The first-order valence-corrected chi connectivity index (χ1v) is 11.9. The highest BCUT2D eigenvalue weighted by atomic mass is 32.2. The summed E-state index contributed by atoms with van der Waals surface area (Å²) in [5.41, 5.74) is -0.156. The lowest BCUT2D eigenvalue weighted by molar-refractivity contribution is -0.154. The molecule has 184 valence electrons. The van der Waals surface area contributed by atoms with Crippen molar-refractivity contribution in [2.24, 2.45) is 0 Å². The van der Waals surface area contributed by atoms with Crippen LogP contribution in [0.2, 0.25) is 0 Å².